The van der Waals surface area contributed by atoms with Gasteiger partial charge in [-0.25, -0.2) is 15.0 Å². The zero-order valence-electron chi connectivity index (χ0n) is 19.6. The van der Waals surface area contributed by atoms with Crippen LogP contribution in [-0.2, 0) is 16.1 Å². The van der Waals surface area contributed by atoms with Crippen LogP contribution in [0.3, 0.4) is 0 Å². The lowest BCUT2D eigenvalue weighted by atomic mass is 9.85. The van der Waals surface area contributed by atoms with Crippen LogP contribution < -0.4 is 5.32 Å². The summed E-state index contributed by atoms with van der Waals surface area (Å²) in [6.45, 7) is 7.30. The van der Waals surface area contributed by atoms with Gasteiger partial charge in [0.2, 0.25) is 11.8 Å². The van der Waals surface area contributed by atoms with Crippen molar-refractivity contribution in [2.75, 3.05) is 13.6 Å². The number of aliphatic hydroxyl groups is 1. The fourth-order valence-electron chi connectivity index (χ4n) is 3.85. The van der Waals surface area contributed by atoms with Crippen molar-refractivity contribution in [3.8, 4) is 0 Å². The van der Waals surface area contributed by atoms with Crippen LogP contribution in [0.15, 0.2) is 24.7 Å². The molecule has 0 saturated carbocycles. The van der Waals surface area contributed by atoms with Gasteiger partial charge < -0.3 is 25.2 Å². The number of nitrogens with one attached hydrogen (secondary N) is 2. The van der Waals surface area contributed by atoms with Crippen molar-refractivity contribution in [3.63, 3.8) is 0 Å². The molecule has 178 valence electrons. The molecule has 3 atom stereocenters. The molecule has 3 N–H and O–H groups in total. The molecule has 33 heavy (non-hydrogen) atoms. The summed E-state index contributed by atoms with van der Waals surface area (Å²) in [5, 5.41) is 13.0. The van der Waals surface area contributed by atoms with E-state index in [1.165, 1.54) is 22.9 Å². The van der Waals surface area contributed by atoms with Crippen LogP contribution in [0, 0.1) is 5.41 Å². The second-order valence-electron chi connectivity index (χ2n) is 9.40. The average Bonchev–Trinajstić information content (AvgIpc) is 3.37. The van der Waals surface area contributed by atoms with Crippen molar-refractivity contribution in [1.29, 1.82) is 0 Å². The van der Waals surface area contributed by atoms with Crippen LogP contribution in [0.1, 0.15) is 62.3 Å². The van der Waals surface area contributed by atoms with Gasteiger partial charge in [0.25, 0.3) is 5.91 Å². The predicted molar refractivity (Wildman–Crippen MR) is 119 cm³/mol. The van der Waals surface area contributed by atoms with Crippen LogP contribution in [0.5, 0.6) is 0 Å². The zero-order valence-corrected chi connectivity index (χ0v) is 19.6. The second-order valence-corrected chi connectivity index (χ2v) is 9.40. The molecule has 2 aromatic rings. The molecule has 0 aromatic carbocycles. The Bertz CT molecular complexity index is 1000. The highest BCUT2D eigenvalue weighted by atomic mass is 16.3. The van der Waals surface area contributed by atoms with Crippen molar-refractivity contribution in [2.24, 2.45) is 5.41 Å². The van der Waals surface area contributed by atoms with Crippen LogP contribution in [0.4, 0.5) is 0 Å². The normalized spacial score (nSPS) is 19.3. The number of nitrogens with zero attached hydrogens (tertiary/aromatic N) is 5. The maximum Gasteiger partial charge on any atom is 0.272 e. The summed E-state index contributed by atoms with van der Waals surface area (Å²) in [4.78, 5) is 56.5. The van der Waals surface area contributed by atoms with Crippen molar-refractivity contribution in [2.45, 2.75) is 58.8 Å². The molecule has 11 nitrogen and oxygen atoms in total. The van der Waals surface area contributed by atoms with E-state index in [1.807, 2.05) is 20.8 Å². The monoisotopic (exact) mass is 457 g/mol. The van der Waals surface area contributed by atoms with E-state index in [0.29, 0.717) is 11.6 Å². The van der Waals surface area contributed by atoms with E-state index in [0.717, 1.165) is 0 Å². The summed E-state index contributed by atoms with van der Waals surface area (Å²) in [5.41, 5.74) is -0.278. The molecule has 0 aliphatic carbocycles. The largest absolute Gasteiger partial charge is 0.391 e. The van der Waals surface area contributed by atoms with Crippen LogP contribution in [0.2, 0.25) is 0 Å². The first-order chi connectivity index (χ1) is 15.5. The Labute approximate surface area is 192 Å². The first-order valence-electron chi connectivity index (χ1n) is 10.8. The first-order valence-corrected chi connectivity index (χ1v) is 10.8. The average molecular weight is 458 g/mol. The molecule has 1 aliphatic rings. The third kappa shape index (κ3) is 5.72. The smallest absolute Gasteiger partial charge is 0.272 e. The molecule has 1 saturated heterocycles. The lowest BCUT2D eigenvalue weighted by Gasteiger charge is -2.35. The van der Waals surface area contributed by atoms with Gasteiger partial charge in [0.05, 0.1) is 24.9 Å². The van der Waals surface area contributed by atoms with E-state index in [2.05, 4.69) is 25.3 Å². The molecule has 1 fully saturated rings. The minimum absolute atomic E-state index is 0.116. The Morgan fingerprint density at radius 2 is 1.94 bits per heavy atom. The molecule has 11 heteroatoms. The number of amides is 3. The van der Waals surface area contributed by atoms with E-state index in [4.69, 9.17) is 0 Å². The molecule has 0 bridgehead atoms. The second kappa shape index (κ2) is 9.65. The van der Waals surface area contributed by atoms with Crippen molar-refractivity contribution in [3.05, 3.63) is 42.0 Å². The van der Waals surface area contributed by atoms with Gasteiger partial charge in [0.1, 0.15) is 23.4 Å². The minimum Gasteiger partial charge on any atom is -0.391 e. The lowest BCUT2D eigenvalue weighted by molar-refractivity contribution is -0.140. The third-order valence-corrected chi connectivity index (χ3v) is 5.51. The highest BCUT2D eigenvalue weighted by Crippen LogP contribution is 2.33. The van der Waals surface area contributed by atoms with E-state index < -0.39 is 23.6 Å². The highest BCUT2D eigenvalue weighted by Gasteiger charge is 2.43. The van der Waals surface area contributed by atoms with Crippen molar-refractivity contribution < 1.29 is 19.5 Å². The van der Waals surface area contributed by atoms with Gasteiger partial charge in [-0.1, -0.05) is 20.8 Å². The minimum atomic E-state index is -0.768. The highest BCUT2D eigenvalue weighted by molar-refractivity contribution is 5.92. The fourth-order valence-corrected chi connectivity index (χ4v) is 3.85. The number of β-amino-alcohol motifs (C(OH)–C–C–N with tert-alkyl or cyclic N) is 1. The van der Waals surface area contributed by atoms with E-state index in [9.17, 15) is 19.5 Å². The maximum atomic E-state index is 13.4. The van der Waals surface area contributed by atoms with Gasteiger partial charge >= 0.3 is 0 Å². The standard InChI is InChI=1S/C22H31N7O4/c1-13(30)26-18(22(2,3)4)21(33)29-11-14(31)9-16(29)19-25-10-15(27-19)20(32)28(5)12-17-23-7-6-8-24-17/h6-8,10,14,16,18,31H,9,11-12H2,1-5H3,(H,25,27)(H,26,30)/t14-,16+,18-/m1/s1. The number of carbonyl (C=O) groups is 3. The number of hydrogen-bond acceptors (Lipinski definition) is 7. The Hall–Kier alpha value is -3.34. The van der Waals surface area contributed by atoms with Gasteiger partial charge in [-0.3, -0.25) is 14.4 Å². The van der Waals surface area contributed by atoms with Gasteiger partial charge in [-0.2, -0.15) is 0 Å². The number of hydrogen-bond donors (Lipinski definition) is 3. The third-order valence-electron chi connectivity index (χ3n) is 5.51. The Kier molecular flexibility index (Phi) is 7.11. The molecular weight excluding hydrogens is 426 g/mol. The predicted octanol–water partition coefficient (Wildman–Crippen LogP) is 0.657. The van der Waals surface area contributed by atoms with E-state index in [-0.39, 0.29) is 42.9 Å². The Morgan fingerprint density at radius 1 is 1.27 bits per heavy atom. The number of carbonyl (C=O) groups excluding carboxylic acids is 3. The summed E-state index contributed by atoms with van der Waals surface area (Å²) in [5.74, 6) is -0.000685. The van der Waals surface area contributed by atoms with E-state index >= 15 is 0 Å². The summed E-state index contributed by atoms with van der Waals surface area (Å²) in [6.07, 6.45) is 4.18. The fraction of sp³-hybridized carbons (Fsp3) is 0.545. The molecule has 3 heterocycles. The quantitative estimate of drug-likeness (QED) is 0.578. The topological polar surface area (TPSA) is 144 Å². The van der Waals surface area contributed by atoms with Crippen molar-refractivity contribution >= 4 is 17.7 Å². The lowest BCUT2D eigenvalue weighted by Crippen LogP contribution is -2.54. The van der Waals surface area contributed by atoms with Gasteiger partial charge in [0.15, 0.2) is 0 Å². The molecule has 0 radical (unpaired) electrons. The van der Waals surface area contributed by atoms with Gasteiger partial charge in [-0.15, -0.1) is 0 Å². The summed E-state index contributed by atoms with van der Waals surface area (Å²) >= 11 is 0. The number of aliphatic hydroxyl groups excluding tert-OH is 1. The summed E-state index contributed by atoms with van der Waals surface area (Å²) in [6, 6.07) is 0.386. The zero-order chi connectivity index (χ0) is 24.3. The number of imidazole rings is 1. The maximum absolute atomic E-state index is 13.4. The van der Waals surface area contributed by atoms with Crippen molar-refractivity contribution in [1.82, 2.24) is 35.1 Å². The summed E-state index contributed by atoms with van der Waals surface area (Å²) < 4.78 is 0. The number of H-pyrrole nitrogens is 1. The van der Waals surface area contributed by atoms with Crippen LogP contribution in [0.25, 0.3) is 0 Å². The molecule has 1 aliphatic heterocycles. The number of aromatic nitrogens is 4. The molecule has 0 spiro atoms. The van der Waals surface area contributed by atoms with Crippen LogP contribution in [-0.4, -0.2) is 78.3 Å². The SMILES string of the molecule is CC(=O)N[C@H](C(=O)N1C[C@H](O)C[C@H]1c1ncc(C(=O)N(C)Cc2ncccn2)[nH]1)C(C)(C)C. The molecule has 3 amide bonds. The molecule has 3 rings (SSSR count). The first kappa shape index (κ1) is 24.3. The Morgan fingerprint density at radius 3 is 2.55 bits per heavy atom. The summed E-state index contributed by atoms with van der Waals surface area (Å²) in [7, 11) is 1.63. The molecule has 2 aromatic heterocycles. The number of aromatic amines is 1. The van der Waals surface area contributed by atoms with Crippen LogP contribution >= 0.6 is 0 Å². The Balaban J connectivity index is 1.78. The van der Waals surface area contributed by atoms with Gasteiger partial charge in [-0.05, 0) is 11.5 Å². The molecular formula is C22H31N7O4. The molecule has 0 unspecified atom stereocenters. The number of rotatable bonds is 6. The van der Waals surface area contributed by atoms with Gasteiger partial charge in [0, 0.05) is 39.3 Å². The number of likely N-dealkylation sites (tertiary alicyclic amines) is 1. The van der Waals surface area contributed by atoms with E-state index in [1.54, 1.807) is 25.5 Å².